The summed E-state index contributed by atoms with van der Waals surface area (Å²) in [5.41, 5.74) is 0. The lowest BCUT2D eigenvalue weighted by Gasteiger charge is -2.21. The van der Waals surface area contributed by atoms with E-state index in [-0.39, 0.29) is 18.0 Å². The van der Waals surface area contributed by atoms with Crippen LogP contribution in [0.15, 0.2) is 0 Å². The average molecular weight is 244 g/mol. The van der Waals surface area contributed by atoms with Gasteiger partial charge in [0.2, 0.25) is 5.91 Å². The average Bonchev–Trinajstić information content (AvgIpc) is 2.89. The Morgan fingerprint density at radius 3 is 3.12 bits per heavy atom. The molecule has 2 unspecified atom stereocenters. The zero-order valence-electron chi connectivity index (χ0n) is 10.0. The molecule has 0 aromatic carbocycles. The highest BCUT2D eigenvalue weighted by Crippen LogP contribution is 2.20. The Bertz CT molecular complexity index is 268. The van der Waals surface area contributed by atoms with Crippen molar-refractivity contribution in [3.05, 3.63) is 0 Å². The van der Waals surface area contributed by atoms with Gasteiger partial charge in [-0.05, 0) is 26.3 Å². The van der Waals surface area contributed by atoms with Crippen molar-refractivity contribution in [2.45, 2.75) is 50.8 Å². The fourth-order valence-electron chi connectivity index (χ4n) is 2.27. The molecule has 1 amide bonds. The molecule has 0 aliphatic carbocycles. The number of hydrogen-bond acceptors (Lipinski definition) is 5. The number of ether oxygens (including phenoxy) is 2. The van der Waals surface area contributed by atoms with Crippen molar-refractivity contribution in [3.63, 3.8) is 0 Å². The van der Waals surface area contributed by atoms with E-state index in [1.165, 1.54) is 0 Å². The van der Waals surface area contributed by atoms with Crippen molar-refractivity contribution in [1.29, 1.82) is 0 Å². The van der Waals surface area contributed by atoms with Crippen molar-refractivity contribution in [2.75, 3.05) is 13.2 Å². The van der Waals surface area contributed by atoms with Gasteiger partial charge < -0.3 is 25.2 Å². The second-order valence-electron chi connectivity index (χ2n) is 4.41. The van der Waals surface area contributed by atoms with Crippen LogP contribution in [-0.4, -0.2) is 48.8 Å². The standard InChI is InChI=1S/C11H20N2O4/c1-2-16-11-8(6-9(14)17-11)13-10(15)7-4-3-5-12-7/h7-9,11-12,14H,2-6H2,1H3,(H,13,15)/t7-,8-,9?,11?/m0/s1. The number of carbonyl (C=O) groups excluding carboxylic acids is 1. The van der Waals surface area contributed by atoms with E-state index in [9.17, 15) is 9.90 Å². The summed E-state index contributed by atoms with van der Waals surface area (Å²) in [7, 11) is 0. The minimum Gasteiger partial charge on any atom is -0.368 e. The maximum Gasteiger partial charge on any atom is 0.237 e. The Labute approximate surface area is 101 Å². The van der Waals surface area contributed by atoms with Crippen molar-refractivity contribution in [2.24, 2.45) is 0 Å². The summed E-state index contributed by atoms with van der Waals surface area (Å²) in [6.45, 7) is 3.23. The molecule has 0 aromatic heterocycles. The van der Waals surface area contributed by atoms with Gasteiger partial charge >= 0.3 is 0 Å². The molecule has 0 radical (unpaired) electrons. The molecule has 6 heteroatoms. The van der Waals surface area contributed by atoms with Gasteiger partial charge in [0.1, 0.15) is 0 Å². The van der Waals surface area contributed by atoms with Crippen molar-refractivity contribution < 1.29 is 19.4 Å². The minimum absolute atomic E-state index is 0.0325. The highest BCUT2D eigenvalue weighted by Gasteiger charge is 2.37. The molecule has 2 aliphatic rings. The molecule has 2 saturated heterocycles. The number of rotatable bonds is 4. The van der Waals surface area contributed by atoms with E-state index in [0.717, 1.165) is 19.4 Å². The number of hydrogen-bond donors (Lipinski definition) is 3. The van der Waals surface area contributed by atoms with Gasteiger partial charge in [0.15, 0.2) is 12.6 Å². The predicted octanol–water partition coefficient (Wildman–Crippen LogP) is -0.675. The van der Waals surface area contributed by atoms with Gasteiger partial charge in [0.05, 0.1) is 12.1 Å². The van der Waals surface area contributed by atoms with Crippen LogP contribution in [-0.2, 0) is 14.3 Å². The topological polar surface area (TPSA) is 79.8 Å². The van der Waals surface area contributed by atoms with E-state index >= 15 is 0 Å². The summed E-state index contributed by atoms with van der Waals surface area (Å²) < 4.78 is 10.5. The SMILES string of the molecule is CCOC1OC(O)C[C@@H]1NC(=O)[C@@H]1CCCN1. The van der Waals surface area contributed by atoms with Crippen LogP contribution in [0, 0.1) is 0 Å². The quantitative estimate of drug-likeness (QED) is 0.611. The lowest BCUT2D eigenvalue weighted by Crippen LogP contribution is -2.48. The van der Waals surface area contributed by atoms with Gasteiger partial charge in [-0.25, -0.2) is 0 Å². The Morgan fingerprint density at radius 2 is 2.47 bits per heavy atom. The fraction of sp³-hybridized carbons (Fsp3) is 0.909. The normalized spacial score (nSPS) is 37.3. The second-order valence-corrected chi connectivity index (χ2v) is 4.41. The van der Waals surface area contributed by atoms with Crippen LogP contribution in [0.2, 0.25) is 0 Å². The van der Waals surface area contributed by atoms with Crippen LogP contribution < -0.4 is 10.6 Å². The van der Waals surface area contributed by atoms with Gasteiger partial charge in [-0.1, -0.05) is 0 Å². The van der Waals surface area contributed by atoms with Gasteiger partial charge in [0, 0.05) is 13.0 Å². The van der Waals surface area contributed by atoms with Crippen molar-refractivity contribution in [1.82, 2.24) is 10.6 Å². The Hall–Kier alpha value is -0.690. The van der Waals surface area contributed by atoms with Crippen LogP contribution in [0.1, 0.15) is 26.2 Å². The molecule has 2 heterocycles. The number of amides is 1. The second kappa shape index (κ2) is 5.77. The number of aliphatic hydroxyl groups excluding tert-OH is 1. The molecule has 0 spiro atoms. The first kappa shape index (κ1) is 12.8. The van der Waals surface area contributed by atoms with Crippen LogP contribution in [0.25, 0.3) is 0 Å². The summed E-state index contributed by atoms with van der Waals surface area (Å²) in [5, 5.41) is 15.4. The van der Waals surface area contributed by atoms with Crippen LogP contribution in [0.5, 0.6) is 0 Å². The molecule has 2 fully saturated rings. The highest BCUT2D eigenvalue weighted by atomic mass is 16.7. The largest absolute Gasteiger partial charge is 0.368 e. The van der Waals surface area contributed by atoms with E-state index in [1.54, 1.807) is 0 Å². The van der Waals surface area contributed by atoms with E-state index < -0.39 is 12.6 Å². The molecule has 98 valence electrons. The molecule has 2 aliphatic heterocycles. The molecular formula is C11H20N2O4. The van der Waals surface area contributed by atoms with Gasteiger partial charge in [-0.2, -0.15) is 0 Å². The van der Waals surface area contributed by atoms with Crippen LogP contribution in [0.4, 0.5) is 0 Å². The first-order chi connectivity index (χ1) is 8.20. The van der Waals surface area contributed by atoms with Crippen LogP contribution >= 0.6 is 0 Å². The summed E-state index contributed by atoms with van der Waals surface area (Å²) >= 11 is 0. The molecule has 4 atom stereocenters. The molecule has 6 nitrogen and oxygen atoms in total. The molecule has 3 N–H and O–H groups in total. The van der Waals surface area contributed by atoms with Gasteiger partial charge in [-0.15, -0.1) is 0 Å². The zero-order valence-corrected chi connectivity index (χ0v) is 10.0. The van der Waals surface area contributed by atoms with Crippen molar-refractivity contribution >= 4 is 5.91 Å². The van der Waals surface area contributed by atoms with Crippen molar-refractivity contribution in [3.8, 4) is 0 Å². The first-order valence-electron chi connectivity index (χ1n) is 6.19. The Balaban J connectivity index is 1.85. The minimum atomic E-state index is -0.853. The third-order valence-electron chi connectivity index (χ3n) is 3.11. The molecule has 0 saturated carbocycles. The van der Waals surface area contributed by atoms with Crippen LogP contribution in [0.3, 0.4) is 0 Å². The number of carbonyl (C=O) groups is 1. The fourth-order valence-corrected chi connectivity index (χ4v) is 2.27. The summed E-state index contributed by atoms with van der Waals surface area (Å²) in [6, 6.07) is -0.380. The van der Waals surface area contributed by atoms with E-state index in [0.29, 0.717) is 13.0 Å². The third-order valence-corrected chi connectivity index (χ3v) is 3.11. The maximum absolute atomic E-state index is 11.9. The molecule has 2 rings (SSSR count). The smallest absolute Gasteiger partial charge is 0.237 e. The summed E-state index contributed by atoms with van der Waals surface area (Å²) in [4.78, 5) is 11.9. The number of aliphatic hydroxyl groups is 1. The highest BCUT2D eigenvalue weighted by molar-refractivity contribution is 5.82. The molecular weight excluding hydrogens is 224 g/mol. The molecule has 17 heavy (non-hydrogen) atoms. The van der Waals surface area contributed by atoms with E-state index in [1.807, 2.05) is 6.92 Å². The maximum atomic E-state index is 11.9. The Morgan fingerprint density at radius 1 is 1.65 bits per heavy atom. The summed E-state index contributed by atoms with van der Waals surface area (Å²) in [6.07, 6.45) is 0.870. The predicted molar refractivity (Wildman–Crippen MR) is 60.1 cm³/mol. The number of nitrogens with one attached hydrogen (secondary N) is 2. The van der Waals surface area contributed by atoms with E-state index in [2.05, 4.69) is 10.6 Å². The lowest BCUT2D eigenvalue weighted by molar-refractivity contribution is -0.188. The Kier molecular flexibility index (Phi) is 4.33. The third kappa shape index (κ3) is 3.16. The monoisotopic (exact) mass is 244 g/mol. The molecule has 0 bridgehead atoms. The first-order valence-corrected chi connectivity index (χ1v) is 6.19. The summed E-state index contributed by atoms with van der Waals surface area (Å²) in [5.74, 6) is -0.0325. The van der Waals surface area contributed by atoms with Gasteiger partial charge in [-0.3, -0.25) is 4.79 Å². The van der Waals surface area contributed by atoms with E-state index in [4.69, 9.17) is 9.47 Å². The lowest BCUT2D eigenvalue weighted by atomic mass is 10.1. The zero-order chi connectivity index (χ0) is 12.3. The molecule has 0 aromatic rings. The van der Waals surface area contributed by atoms with Gasteiger partial charge in [0.25, 0.3) is 0 Å².